The zero-order valence-electron chi connectivity index (χ0n) is 6.90. The summed E-state index contributed by atoms with van der Waals surface area (Å²) < 4.78 is 0. The van der Waals surface area contributed by atoms with Crippen molar-refractivity contribution in [2.75, 3.05) is 5.73 Å². The van der Waals surface area contributed by atoms with Crippen LogP contribution in [0.2, 0.25) is 0 Å². The minimum absolute atomic E-state index is 0.419. The summed E-state index contributed by atoms with van der Waals surface area (Å²) in [5.74, 6) is -0.673. The normalized spacial score (nSPS) is 11.6. The van der Waals surface area contributed by atoms with Crippen LogP contribution in [0.3, 0.4) is 0 Å². The highest BCUT2D eigenvalue weighted by atomic mass is 16.1. The molecule has 0 aliphatic heterocycles. The van der Waals surface area contributed by atoms with E-state index in [9.17, 15) is 4.79 Å². The molecule has 0 heterocycles. The molecule has 0 aliphatic rings. The average Bonchev–Trinajstić information content (AvgIpc) is 2.09. The fourth-order valence-corrected chi connectivity index (χ4v) is 1.05. The van der Waals surface area contributed by atoms with Gasteiger partial charge in [-0.05, 0) is 12.1 Å². The molecule has 4 heteroatoms. The van der Waals surface area contributed by atoms with Crippen molar-refractivity contribution in [2.24, 2.45) is 5.73 Å². The molecule has 13 heavy (non-hydrogen) atoms. The maximum absolute atomic E-state index is 10.8. The first-order valence-electron chi connectivity index (χ1n) is 3.67. The highest BCUT2D eigenvalue weighted by molar-refractivity contribution is 5.84. The number of carbonyl (C=O) groups is 1. The number of hydrogen-bond donors (Lipinski definition) is 2. The number of nitrogens with two attached hydrogens (primary N) is 2. The van der Waals surface area contributed by atoms with E-state index in [2.05, 4.69) is 4.85 Å². The van der Waals surface area contributed by atoms with Gasteiger partial charge in [-0.2, -0.15) is 0 Å². The third-order valence-electron chi connectivity index (χ3n) is 1.69. The predicted octanol–water partition coefficient (Wildman–Crippen LogP) is 0.714. The lowest BCUT2D eigenvalue weighted by Gasteiger charge is -2.04. The van der Waals surface area contributed by atoms with Crippen LogP contribution < -0.4 is 11.5 Å². The number of primary amides is 1. The molecule has 0 aromatic heterocycles. The molecule has 4 nitrogen and oxygen atoms in total. The van der Waals surface area contributed by atoms with Gasteiger partial charge < -0.3 is 11.5 Å². The predicted molar refractivity (Wildman–Crippen MR) is 49.4 cm³/mol. The molecule has 0 spiro atoms. The van der Waals surface area contributed by atoms with Gasteiger partial charge in [0.15, 0.2) is 0 Å². The van der Waals surface area contributed by atoms with Gasteiger partial charge in [0.2, 0.25) is 0 Å². The maximum Gasteiger partial charge on any atom is 0.327 e. The van der Waals surface area contributed by atoms with Crippen LogP contribution in [0.25, 0.3) is 4.85 Å². The van der Waals surface area contributed by atoms with Gasteiger partial charge in [-0.25, -0.2) is 6.57 Å². The van der Waals surface area contributed by atoms with Gasteiger partial charge in [-0.3, -0.25) is 9.64 Å². The molecule has 0 aliphatic carbocycles. The molecular formula is C9H9N3O. The third-order valence-corrected chi connectivity index (χ3v) is 1.69. The van der Waals surface area contributed by atoms with Crippen LogP contribution in [0.5, 0.6) is 0 Å². The van der Waals surface area contributed by atoms with Crippen molar-refractivity contribution in [1.29, 1.82) is 0 Å². The highest BCUT2D eigenvalue weighted by Gasteiger charge is 2.24. The zero-order chi connectivity index (χ0) is 9.84. The van der Waals surface area contributed by atoms with Crippen LogP contribution in [0.15, 0.2) is 24.3 Å². The zero-order valence-corrected chi connectivity index (χ0v) is 6.90. The Balaban J connectivity index is 3.14. The lowest BCUT2D eigenvalue weighted by atomic mass is 10.1. The third kappa shape index (κ3) is 1.76. The summed E-state index contributed by atoms with van der Waals surface area (Å²) in [4.78, 5) is 14.0. The minimum atomic E-state index is -0.971. The number of carbonyl (C=O) groups excluding carboxylic acids is 1. The SMILES string of the molecule is [C-]#[N+]C(C(N)=O)c1ccccc1N. The van der Waals surface area contributed by atoms with Gasteiger partial charge in [-0.15, -0.1) is 0 Å². The molecule has 1 aromatic rings. The second-order valence-electron chi connectivity index (χ2n) is 2.56. The molecule has 0 saturated heterocycles. The standard InChI is InChI=1S/C9H9N3O/c1-12-8(9(11)13)6-4-2-3-5-7(6)10/h2-5,8H,10H2,(H2,11,13). The average molecular weight is 175 g/mol. The molecule has 1 aromatic carbocycles. The van der Waals surface area contributed by atoms with Gasteiger partial charge in [0.05, 0.1) is 5.56 Å². The Morgan fingerprint density at radius 3 is 2.54 bits per heavy atom. The minimum Gasteiger partial charge on any atom is -0.398 e. The quantitative estimate of drug-likeness (QED) is 0.513. The summed E-state index contributed by atoms with van der Waals surface area (Å²) in [5, 5.41) is 0. The van der Waals surface area contributed by atoms with Gasteiger partial charge in [-0.1, -0.05) is 12.1 Å². The van der Waals surface area contributed by atoms with Crippen molar-refractivity contribution in [3.8, 4) is 0 Å². The molecule has 0 radical (unpaired) electrons. The summed E-state index contributed by atoms with van der Waals surface area (Å²) in [6.45, 7) is 6.79. The van der Waals surface area contributed by atoms with E-state index in [0.717, 1.165) is 0 Å². The van der Waals surface area contributed by atoms with Crippen LogP contribution in [0, 0.1) is 6.57 Å². The molecule has 0 fully saturated rings. The lowest BCUT2D eigenvalue weighted by molar-refractivity contribution is -0.118. The number of hydrogen-bond acceptors (Lipinski definition) is 2. The Bertz CT molecular complexity index is 367. The number of nitrogens with zero attached hydrogens (tertiary/aromatic N) is 1. The summed E-state index contributed by atoms with van der Waals surface area (Å²) in [6.07, 6.45) is 0. The lowest BCUT2D eigenvalue weighted by Crippen LogP contribution is -2.19. The van der Waals surface area contributed by atoms with Crippen LogP contribution >= 0.6 is 0 Å². The first-order chi connectivity index (χ1) is 6.16. The van der Waals surface area contributed by atoms with Crippen molar-refractivity contribution in [3.05, 3.63) is 41.2 Å². The van der Waals surface area contributed by atoms with Gasteiger partial charge in [0, 0.05) is 5.69 Å². The molecule has 0 bridgehead atoms. The van der Waals surface area contributed by atoms with E-state index >= 15 is 0 Å². The summed E-state index contributed by atoms with van der Waals surface area (Å²) in [5.41, 5.74) is 11.5. The van der Waals surface area contributed by atoms with Gasteiger partial charge >= 0.3 is 11.9 Å². The first-order valence-corrected chi connectivity index (χ1v) is 3.67. The molecule has 1 rings (SSSR count). The Kier molecular flexibility index (Phi) is 2.50. The fourth-order valence-electron chi connectivity index (χ4n) is 1.05. The van der Waals surface area contributed by atoms with E-state index in [1.54, 1.807) is 24.3 Å². The number of amides is 1. The monoisotopic (exact) mass is 175 g/mol. The van der Waals surface area contributed by atoms with E-state index in [-0.39, 0.29) is 0 Å². The van der Waals surface area contributed by atoms with Crippen LogP contribution in [-0.4, -0.2) is 5.91 Å². The Morgan fingerprint density at radius 1 is 1.46 bits per heavy atom. The van der Waals surface area contributed by atoms with Gasteiger partial charge in [0.1, 0.15) is 0 Å². The van der Waals surface area contributed by atoms with Crippen molar-refractivity contribution >= 4 is 11.6 Å². The van der Waals surface area contributed by atoms with Crippen LogP contribution in [0.1, 0.15) is 11.6 Å². The summed E-state index contributed by atoms with van der Waals surface area (Å²) in [6, 6.07) is 5.74. The van der Waals surface area contributed by atoms with E-state index in [1.807, 2.05) is 0 Å². The first kappa shape index (κ1) is 9.07. The number of benzene rings is 1. The Morgan fingerprint density at radius 2 is 2.08 bits per heavy atom. The summed E-state index contributed by atoms with van der Waals surface area (Å²) >= 11 is 0. The van der Waals surface area contributed by atoms with Crippen LogP contribution in [-0.2, 0) is 4.79 Å². The largest absolute Gasteiger partial charge is 0.398 e. The molecule has 1 amide bonds. The van der Waals surface area contributed by atoms with Crippen molar-refractivity contribution in [1.82, 2.24) is 0 Å². The molecule has 1 atom stereocenters. The molecule has 4 N–H and O–H groups in total. The van der Waals surface area contributed by atoms with Crippen molar-refractivity contribution < 1.29 is 4.79 Å². The smallest absolute Gasteiger partial charge is 0.327 e. The number of anilines is 1. The fraction of sp³-hybridized carbons (Fsp3) is 0.111. The maximum atomic E-state index is 10.8. The molecular weight excluding hydrogens is 166 g/mol. The van der Waals surface area contributed by atoms with E-state index in [1.165, 1.54) is 0 Å². The molecule has 1 unspecified atom stereocenters. The number of para-hydroxylation sites is 1. The molecule has 66 valence electrons. The van der Waals surface area contributed by atoms with E-state index in [4.69, 9.17) is 18.0 Å². The highest BCUT2D eigenvalue weighted by Crippen LogP contribution is 2.22. The summed E-state index contributed by atoms with van der Waals surface area (Å²) in [7, 11) is 0. The van der Waals surface area contributed by atoms with Crippen molar-refractivity contribution in [3.63, 3.8) is 0 Å². The van der Waals surface area contributed by atoms with E-state index < -0.39 is 11.9 Å². The second-order valence-corrected chi connectivity index (χ2v) is 2.56. The van der Waals surface area contributed by atoms with Crippen LogP contribution in [0.4, 0.5) is 5.69 Å². The molecule has 0 saturated carbocycles. The van der Waals surface area contributed by atoms with Crippen molar-refractivity contribution in [2.45, 2.75) is 6.04 Å². The second kappa shape index (κ2) is 3.59. The topological polar surface area (TPSA) is 73.5 Å². The van der Waals surface area contributed by atoms with Gasteiger partial charge in [0.25, 0.3) is 0 Å². The number of rotatable bonds is 2. The Hall–Kier alpha value is -2.02. The number of nitrogen functional groups attached to an aromatic ring is 1. The van der Waals surface area contributed by atoms with E-state index in [0.29, 0.717) is 11.3 Å². The Labute approximate surface area is 76.0 Å².